The van der Waals surface area contributed by atoms with Crippen molar-refractivity contribution in [1.29, 1.82) is 0 Å². The van der Waals surface area contributed by atoms with Gasteiger partial charge >= 0.3 is 5.97 Å². The van der Waals surface area contributed by atoms with E-state index in [1.807, 2.05) is 13.0 Å². The Morgan fingerprint density at radius 1 is 1.56 bits per heavy atom. The fourth-order valence-corrected chi connectivity index (χ4v) is 1.27. The van der Waals surface area contributed by atoms with Gasteiger partial charge < -0.3 is 9.63 Å². The number of aromatic nitrogens is 3. The number of hydrogen-bond donors (Lipinski definition) is 1. The van der Waals surface area contributed by atoms with E-state index in [1.54, 1.807) is 12.3 Å². The lowest BCUT2D eigenvalue weighted by Crippen LogP contribution is -2.00. The molecule has 2 aromatic heterocycles. The molecule has 0 bridgehead atoms. The highest BCUT2D eigenvalue weighted by atomic mass is 16.5. The molecule has 0 aliphatic carbocycles. The Hall–Kier alpha value is -2.24. The van der Waals surface area contributed by atoms with Crippen molar-refractivity contribution in [3.63, 3.8) is 0 Å². The molecule has 0 radical (unpaired) electrons. The van der Waals surface area contributed by atoms with E-state index in [0.717, 1.165) is 5.56 Å². The molecule has 0 aliphatic heterocycles. The maximum atomic E-state index is 10.4. The van der Waals surface area contributed by atoms with E-state index >= 15 is 0 Å². The van der Waals surface area contributed by atoms with E-state index in [0.29, 0.717) is 11.5 Å². The average molecular weight is 219 g/mol. The number of aryl methyl sites for hydroxylation is 1. The van der Waals surface area contributed by atoms with Crippen LogP contribution in [0.2, 0.25) is 0 Å². The average Bonchev–Trinajstić information content (AvgIpc) is 2.66. The normalized spacial score (nSPS) is 10.3. The summed E-state index contributed by atoms with van der Waals surface area (Å²) in [6, 6.07) is 3.67. The van der Waals surface area contributed by atoms with E-state index in [-0.39, 0.29) is 12.3 Å². The lowest BCUT2D eigenvalue weighted by molar-refractivity contribution is -0.136. The predicted molar refractivity (Wildman–Crippen MR) is 53.6 cm³/mol. The van der Waals surface area contributed by atoms with E-state index in [1.165, 1.54) is 0 Å². The third-order valence-electron chi connectivity index (χ3n) is 1.99. The summed E-state index contributed by atoms with van der Waals surface area (Å²) in [5.74, 6) is -0.616. The van der Waals surface area contributed by atoms with Crippen LogP contribution in [-0.4, -0.2) is 26.2 Å². The van der Waals surface area contributed by atoms with Gasteiger partial charge in [0.25, 0.3) is 0 Å². The predicted octanol–water partition coefficient (Wildman–Crippen LogP) is 1.07. The Morgan fingerprint density at radius 2 is 2.38 bits per heavy atom. The minimum absolute atomic E-state index is 0.0764. The first-order valence-corrected chi connectivity index (χ1v) is 4.63. The molecule has 0 saturated heterocycles. The summed E-state index contributed by atoms with van der Waals surface area (Å²) in [6.45, 7) is 1.87. The minimum Gasteiger partial charge on any atom is -0.481 e. The Bertz CT molecular complexity index is 522. The molecular formula is C10H9N3O3. The summed E-state index contributed by atoms with van der Waals surface area (Å²) >= 11 is 0. The van der Waals surface area contributed by atoms with Gasteiger partial charge in [-0.1, -0.05) is 11.2 Å². The third-order valence-corrected chi connectivity index (χ3v) is 1.99. The first-order valence-electron chi connectivity index (χ1n) is 4.63. The monoisotopic (exact) mass is 219 g/mol. The van der Waals surface area contributed by atoms with Gasteiger partial charge in [-0.25, -0.2) is 0 Å². The van der Waals surface area contributed by atoms with Crippen LogP contribution in [0.15, 0.2) is 22.9 Å². The van der Waals surface area contributed by atoms with Gasteiger partial charge in [0, 0.05) is 6.20 Å². The molecule has 0 saturated carbocycles. The molecule has 0 aliphatic rings. The van der Waals surface area contributed by atoms with E-state index in [2.05, 4.69) is 15.1 Å². The van der Waals surface area contributed by atoms with Crippen molar-refractivity contribution in [3.8, 4) is 11.5 Å². The topological polar surface area (TPSA) is 89.1 Å². The van der Waals surface area contributed by atoms with Crippen LogP contribution in [0, 0.1) is 6.92 Å². The van der Waals surface area contributed by atoms with Gasteiger partial charge in [-0.15, -0.1) is 0 Å². The van der Waals surface area contributed by atoms with Crippen molar-refractivity contribution in [3.05, 3.63) is 29.8 Å². The van der Waals surface area contributed by atoms with Crippen molar-refractivity contribution < 1.29 is 14.4 Å². The van der Waals surface area contributed by atoms with Gasteiger partial charge in [-0.3, -0.25) is 9.78 Å². The van der Waals surface area contributed by atoms with Crippen LogP contribution in [-0.2, 0) is 11.2 Å². The van der Waals surface area contributed by atoms with Crippen LogP contribution >= 0.6 is 0 Å². The van der Waals surface area contributed by atoms with Crippen molar-refractivity contribution in [2.75, 3.05) is 0 Å². The highest BCUT2D eigenvalue weighted by molar-refractivity contribution is 5.69. The standard InChI is InChI=1S/C10H9N3O3/c1-6-3-2-4-11-9(6)10-12-7(16-13-10)5-8(14)15/h2-4H,5H2,1H3,(H,14,15). The van der Waals surface area contributed by atoms with Gasteiger partial charge in [0.05, 0.1) is 0 Å². The summed E-state index contributed by atoms with van der Waals surface area (Å²) in [5, 5.41) is 12.2. The molecule has 0 fully saturated rings. The molecular weight excluding hydrogens is 210 g/mol. The van der Waals surface area contributed by atoms with E-state index < -0.39 is 5.97 Å². The molecule has 6 heteroatoms. The Morgan fingerprint density at radius 3 is 3.06 bits per heavy atom. The summed E-state index contributed by atoms with van der Waals surface area (Å²) < 4.78 is 4.80. The Kier molecular flexibility index (Phi) is 2.63. The van der Waals surface area contributed by atoms with Gasteiger partial charge in [0.15, 0.2) is 0 Å². The lowest BCUT2D eigenvalue weighted by Gasteiger charge is -1.96. The van der Waals surface area contributed by atoms with Crippen LogP contribution < -0.4 is 0 Å². The molecule has 0 atom stereocenters. The molecule has 82 valence electrons. The van der Waals surface area contributed by atoms with Crippen LogP contribution in [0.3, 0.4) is 0 Å². The molecule has 6 nitrogen and oxygen atoms in total. The minimum atomic E-state index is -1.01. The Balaban J connectivity index is 2.32. The second-order valence-corrected chi connectivity index (χ2v) is 3.25. The lowest BCUT2D eigenvalue weighted by atomic mass is 10.2. The van der Waals surface area contributed by atoms with Crippen molar-refractivity contribution in [1.82, 2.24) is 15.1 Å². The van der Waals surface area contributed by atoms with Crippen LogP contribution in [0.25, 0.3) is 11.5 Å². The summed E-state index contributed by atoms with van der Waals surface area (Å²) in [4.78, 5) is 18.5. The molecule has 1 N–H and O–H groups in total. The van der Waals surface area contributed by atoms with Gasteiger partial charge in [0.2, 0.25) is 11.7 Å². The van der Waals surface area contributed by atoms with Crippen molar-refractivity contribution >= 4 is 5.97 Å². The number of hydrogen-bond acceptors (Lipinski definition) is 5. The first-order chi connectivity index (χ1) is 7.66. The van der Waals surface area contributed by atoms with Crippen molar-refractivity contribution in [2.24, 2.45) is 0 Å². The van der Waals surface area contributed by atoms with E-state index in [9.17, 15) is 4.79 Å². The summed E-state index contributed by atoms with van der Waals surface area (Å²) in [7, 11) is 0. The highest BCUT2D eigenvalue weighted by Gasteiger charge is 2.13. The van der Waals surface area contributed by atoms with Gasteiger partial charge in [-0.05, 0) is 18.6 Å². The second kappa shape index (κ2) is 4.09. The Labute approximate surface area is 90.9 Å². The largest absolute Gasteiger partial charge is 0.481 e. The van der Waals surface area contributed by atoms with Gasteiger partial charge in [-0.2, -0.15) is 4.98 Å². The third kappa shape index (κ3) is 2.05. The molecule has 2 heterocycles. The van der Waals surface area contributed by atoms with Crippen LogP contribution in [0.5, 0.6) is 0 Å². The van der Waals surface area contributed by atoms with Crippen molar-refractivity contribution in [2.45, 2.75) is 13.3 Å². The van der Waals surface area contributed by atoms with Crippen LogP contribution in [0.4, 0.5) is 0 Å². The highest BCUT2D eigenvalue weighted by Crippen LogP contribution is 2.16. The first kappa shape index (κ1) is 10.3. The number of pyridine rings is 1. The number of carbonyl (C=O) groups is 1. The second-order valence-electron chi connectivity index (χ2n) is 3.25. The maximum Gasteiger partial charge on any atom is 0.312 e. The summed E-state index contributed by atoms with van der Waals surface area (Å²) in [6.07, 6.45) is 1.34. The molecule has 0 amide bonds. The smallest absolute Gasteiger partial charge is 0.312 e. The van der Waals surface area contributed by atoms with E-state index in [4.69, 9.17) is 9.63 Å². The zero-order chi connectivity index (χ0) is 11.5. The molecule has 0 spiro atoms. The number of nitrogens with zero attached hydrogens (tertiary/aromatic N) is 3. The molecule has 0 unspecified atom stereocenters. The molecule has 16 heavy (non-hydrogen) atoms. The zero-order valence-electron chi connectivity index (χ0n) is 8.54. The molecule has 2 aromatic rings. The van der Waals surface area contributed by atoms with Crippen LogP contribution in [0.1, 0.15) is 11.5 Å². The fourth-order valence-electron chi connectivity index (χ4n) is 1.27. The fraction of sp³-hybridized carbons (Fsp3) is 0.200. The number of rotatable bonds is 3. The number of carboxylic acid groups (broad SMARTS) is 1. The maximum absolute atomic E-state index is 10.4. The quantitative estimate of drug-likeness (QED) is 0.830. The van der Waals surface area contributed by atoms with Gasteiger partial charge in [0.1, 0.15) is 12.1 Å². The number of carboxylic acids is 1. The molecule has 0 aromatic carbocycles. The zero-order valence-corrected chi connectivity index (χ0v) is 8.54. The SMILES string of the molecule is Cc1cccnc1-c1noc(CC(=O)O)n1. The summed E-state index contributed by atoms with van der Waals surface area (Å²) in [5.41, 5.74) is 1.51. The number of aliphatic carboxylic acids is 1. The molecule has 2 rings (SSSR count).